The zero-order valence-electron chi connectivity index (χ0n) is 15.8. The Kier molecular flexibility index (Phi) is 5.83. The molecule has 1 aliphatic rings. The zero-order valence-corrected chi connectivity index (χ0v) is 16.6. The Morgan fingerprint density at radius 3 is 2.85 bits per heavy atom. The van der Waals surface area contributed by atoms with E-state index in [2.05, 4.69) is 25.2 Å². The van der Waals surface area contributed by atoms with Crippen molar-refractivity contribution in [3.05, 3.63) is 28.7 Å². The number of likely N-dealkylation sites (N-methyl/N-ethyl adjacent to an activating group) is 1. The number of hydrogen-bond donors (Lipinski definition) is 1. The van der Waals surface area contributed by atoms with E-state index in [0.29, 0.717) is 6.54 Å². The molecule has 0 aromatic carbocycles. The van der Waals surface area contributed by atoms with Gasteiger partial charge in [0.05, 0.1) is 18.3 Å². The van der Waals surface area contributed by atoms with E-state index in [9.17, 15) is 4.79 Å². The fraction of sp³-hybridized carbons (Fsp3) is 0.556. The first-order chi connectivity index (χ1) is 12.4. The van der Waals surface area contributed by atoms with Gasteiger partial charge in [-0.15, -0.1) is 11.3 Å². The molecule has 0 saturated carbocycles. The lowest BCUT2D eigenvalue weighted by Gasteiger charge is -2.35. The van der Waals surface area contributed by atoms with Gasteiger partial charge in [-0.2, -0.15) is 0 Å². The summed E-state index contributed by atoms with van der Waals surface area (Å²) < 4.78 is 0. The molecule has 0 aliphatic carbocycles. The number of rotatable bonds is 5. The van der Waals surface area contributed by atoms with Crippen molar-refractivity contribution in [2.75, 3.05) is 32.5 Å². The van der Waals surface area contributed by atoms with E-state index < -0.39 is 0 Å². The minimum atomic E-state index is 0.124. The molecule has 2 aromatic heterocycles. The first kappa shape index (κ1) is 18.7. The number of likely N-dealkylation sites (tertiary alicyclic amines) is 1. The topological polar surface area (TPSA) is 74.2 Å². The minimum Gasteiger partial charge on any atom is -0.348 e. The lowest BCUT2D eigenvalue weighted by atomic mass is 9.99. The third-order valence-electron chi connectivity index (χ3n) is 4.51. The number of hydrogen-bond acceptors (Lipinski definition) is 7. The maximum absolute atomic E-state index is 12.2. The van der Waals surface area contributed by atoms with Gasteiger partial charge in [-0.05, 0) is 33.2 Å². The van der Waals surface area contributed by atoms with Gasteiger partial charge in [-0.3, -0.25) is 9.69 Å². The van der Waals surface area contributed by atoms with Crippen molar-refractivity contribution in [2.45, 2.75) is 39.2 Å². The molecule has 1 fully saturated rings. The summed E-state index contributed by atoms with van der Waals surface area (Å²) in [5.41, 5.74) is 0.972. The number of nitrogens with one attached hydrogen (secondary N) is 1. The largest absolute Gasteiger partial charge is 0.348 e. The summed E-state index contributed by atoms with van der Waals surface area (Å²) in [6.07, 6.45) is 5.12. The molecule has 1 unspecified atom stereocenters. The summed E-state index contributed by atoms with van der Waals surface area (Å²) in [7, 11) is 3.60. The van der Waals surface area contributed by atoms with Gasteiger partial charge < -0.3 is 10.2 Å². The normalized spacial score (nSPS) is 17.9. The lowest BCUT2D eigenvalue weighted by Crippen LogP contribution is -2.41. The Labute approximate surface area is 158 Å². The van der Waals surface area contributed by atoms with Gasteiger partial charge in [0.25, 0.3) is 0 Å². The predicted molar refractivity (Wildman–Crippen MR) is 104 cm³/mol. The monoisotopic (exact) mass is 374 g/mol. The number of carbonyl (C=O) groups is 1. The van der Waals surface area contributed by atoms with Crippen molar-refractivity contribution in [2.24, 2.45) is 0 Å². The quantitative estimate of drug-likeness (QED) is 0.867. The molecule has 1 aliphatic heterocycles. The van der Waals surface area contributed by atoms with Crippen molar-refractivity contribution >= 4 is 28.2 Å². The highest BCUT2D eigenvalue weighted by Gasteiger charge is 2.27. The number of carbonyl (C=O) groups excluding carboxylic acids is 1. The Balaban J connectivity index is 1.82. The van der Waals surface area contributed by atoms with Gasteiger partial charge in [0.15, 0.2) is 5.13 Å². The molecular weight excluding hydrogens is 348 g/mol. The number of aryl methyl sites for hydroxylation is 2. The number of nitrogens with zero attached hydrogens (tertiary/aromatic N) is 5. The predicted octanol–water partition coefficient (Wildman–Crippen LogP) is 2.91. The molecule has 0 bridgehead atoms. The molecule has 3 rings (SSSR count). The second-order valence-electron chi connectivity index (χ2n) is 6.90. The van der Waals surface area contributed by atoms with Crippen molar-refractivity contribution in [3.8, 4) is 0 Å². The Hall–Kier alpha value is -2.06. The fourth-order valence-corrected chi connectivity index (χ4v) is 3.85. The Bertz CT molecular complexity index is 775. The van der Waals surface area contributed by atoms with Crippen LogP contribution >= 0.6 is 11.3 Å². The third-order valence-corrected chi connectivity index (χ3v) is 5.33. The van der Waals surface area contributed by atoms with Gasteiger partial charge in [-0.25, -0.2) is 15.0 Å². The average Bonchev–Trinajstić information content (AvgIpc) is 2.99. The van der Waals surface area contributed by atoms with E-state index in [0.717, 1.165) is 53.2 Å². The number of piperidine rings is 1. The molecule has 7 nitrogen and oxygen atoms in total. The molecule has 1 saturated heterocycles. The molecule has 1 atom stereocenters. The number of thiazole rings is 1. The Morgan fingerprint density at radius 1 is 1.35 bits per heavy atom. The van der Waals surface area contributed by atoms with E-state index in [1.165, 1.54) is 0 Å². The van der Waals surface area contributed by atoms with Crippen molar-refractivity contribution < 1.29 is 4.79 Å². The summed E-state index contributed by atoms with van der Waals surface area (Å²) in [5, 5.41) is 4.11. The van der Waals surface area contributed by atoms with Crippen LogP contribution in [0.2, 0.25) is 0 Å². The Morgan fingerprint density at radius 2 is 2.15 bits per heavy atom. The van der Waals surface area contributed by atoms with Crippen LogP contribution in [0.25, 0.3) is 0 Å². The van der Waals surface area contributed by atoms with Crippen molar-refractivity contribution in [1.82, 2.24) is 24.8 Å². The van der Waals surface area contributed by atoms with E-state index in [1.807, 2.05) is 26.1 Å². The molecule has 2 aromatic rings. The molecule has 0 spiro atoms. The number of amides is 1. The standard InChI is InChI=1S/C18H26N6OS/c1-12-10-19-18(26-12)22-16-9-14(20-13(2)21-16)15-7-5-6-8-24(15)11-17(25)23(3)4/h9-10,15H,5-8,11H2,1-4H3,(H,19,20,21,22). The van der Waals surface area contributed by atoms with Crippen LogP contribution in [0.3, 0.4) is 0 Å². The molecule has 140 valence electrons. The summed E-state index contributed by atoms with van der Waals surface area (Å²) in [6.45, 7) is 5.28. The van der Waals surface area contributed by atoms with E-state index in [-0.39, 0.29) is 11.9 Å². The summed E-state index contributed by atoms with van der Waals surface area (Å²) in [4.78, 5) is 30.8. The summed E-state index contributed by atoms with van der Waals surface area (Å²) in [6, 6.07) is 2.14. The summed E-state index contributed by atoms with van der Waals surface area (Å²) >= 11 is 1.60. The number of anilines is 2. The minimum absolute atomic E-state index is 0.124. The second-order valence-corrected chi connectivity index (χ2v) is 8.13. The maximum Gasteiger partial charge on any atom is 0.236 e. The van der Waals surface area contributed by atoms with E-state index in [1.54, 1.807) is 30.3 Å². The molecule has 3 heterocycles. The molecule has 8 heteroatoms. The second kappa shape index (κ2) is 8.09. The van der Waals surface area contributed by atoms with Crippen LogP contribution in [-0.2, 0) is 4.79 Å². The molecule has 1 amide bonds. The van der Waals surface area contributed by atoms with Crippen LogP contribution < -0.4 is 5.32 Å². The van der Waals surface area contributed by atoms with Crippen molar-refractivity contribution in [3.63, 3.8) is 0 Å². The lowest BCUT2D eigenvalue weighted by molar-refractivity contribution is -0.130. The highest BCUT2D eigenvalue weighted by Crippen LogP contribution is 2.31. The number of aromatic nitrogens is 3. The van der Waals surface area contributed by atoms with E-state index >= 15 is 0 Å². The molecule has 26 heavy (non-hydrogen) atoms. The molecule has 1 N–H and O–H groups in total. The van der Waals surface area contributed by atoms with Crippen LogP contribution in [0, 0.1) is 13.8 Å². The van der Waals surface area contributed by atoms with E-state index in [4.69, 9.17) is 0 Å². The molecule has 0 radical (unpaired) electrons. The van der Waals surface area contributed by atoms with Crippen LogP contribution in [0.4, 0.5) is 10.9 Å². The summed E-state index contributed by atoms with van der Waals surface area (Å²) in [5.74, 6) is 1.60. The average molecular weight is 375 g/mol. The van der Waals surface area contributed by atoms with Crippen LogP contribution in [0.5, 0.6) is 0 Å². The van der Waals surface area contributed by atoms with Gasteiger partial charge in [0.2, 0.25) is 5.91 Å². The SMILES string of the molecule is Cc1nc(Nc2ncc(C)s2)cc(C2CCCCN2CC(=O)N(C)C)n1. The van der Waals surface area contributed by atoms with Crippen molar-refractivity contribution in [1.29, 1.82) is 0 Å². The van der Waals surface area contributed by atoms with Crippen LogP contribution in [0.1, 0.15) is 41.7 Å². The van der Waals surface area contributed by atoms with Gasteiger partial charge in [0, 0.05) is 31.2 Å². The van der Waals surface area contributed by atoms with Gasteiger partial charge >= 0.3 is 0 Å². The fourth-order valence-electron chi connectivity index (χ4n) is 3.18. The molecular formula is C18H26N6OS. The highest BCUT2D eigenvalue weighted by molar-refractivity contribution is 7.15. The third kappa shape index (κ3) is 4.56. The first-order valence-corrected chi connectivity index (χ1v) is 9.73. The first-order valence-electron chi connectivity index (χ1n) is 8.91. The smallest absolute Gasteiger partial charge is 0.236 e. The maximum atomic E-state index is 12.2. The van der Waals surface area contributed by atoms with Gasteiger partial charge in [0.1, 0.15) is 11.6 Å². The highest BCUT2D eigenvalue weighted by atomic mass is 32.1. The zero-order chi connectivity index (χ0) is 18.7. The van der Waals surface area contributed by atoms with Crippen LogP contribution in [0.15, 0.2) is 12.3 Å². The van der Waals surface area contributed by atoms with Crippen LogP contribution in [-0.4, -0.2) is 57.8 Å². The van der Waals surface area contributed by atoms with Gasteiger partial charge in [-0.1, -0.05) is 6.42 Å².